The molecule has 0 amide bonds. The maximum absolute atomic E-state index is 7.82. The van der Waals surface area contributed by atoms with Gasteiger partial charge in [-0.2, -0.15) is 5.26 Å². The fourth-order valence-electron chi connectivity index (χ4n) is 0.339. The molecule has 10 heavy (non-hydrogen) atoms. The zero-order valence-corrected chi connectivity index (χ0v) is 6.08. The summed E-state index contributed by atoms with van der Waals surface area (Å²) in [6.07, 6.45) is 4.93. The molecule has 0 aliphatic carbocycles. The number of furan rings is 1. The smallest absolute Gasteiger partial charge is 0.0902 e. The van der Waals surface area contributed by atoms with Gasteiger partial charge in [0.25, 0.3) is 0 Å². The quantitative estimate of drug-likeness (QED) is 0.596. The van der Waals surface area contributed by atoms with Crippen LogP contribution in [-0.4, -0.2) is 0 Å². The molecule has 0 unspecified atom stereocenters. The zero-order valence-electron chi connectivity index (χ0n) is 6.08. The van der Waals surface area contributed by atoms with Gasteiger partial charge < -0.3 is 4.42 Å². The van der Waals surface area contributed by atoms with Crippen LogP contribution < -0.4 is 0 Å². The maximum atomic E-state index is 7.82. The van der Waals surface area contributed by atoms with E-state index in [1.165, 1.54) is 0 Å². The lowest BCUT2D eigenvalue weighted by atomic mass is 10.4. The number of rotatable bonds is 1. The fourth-order valence-corrected chi connectivity index (χ4v) is 0.339. The van der Waals surface area contributed by atoms with E-state index in [0.29, 0.717) is 6.42 Å². The van der Waals surface area contributed by atoms with Crippen molar-refractivity contribution in [2.75, 3.05) is 0 Å². The molecule has 1 rings (SSSR count). The second-order valence-corrected chi connectivity index (χ2v) is 1.70. The van der Waals surface area contributed by atoms with E-state index in [9.17, 15) is 0 Å². The van der Waals surface area contributed by atoms with Crippen LogP contribution >= 0.6 is 0 Å². The molecule has 0 aliphatic rings. The average molecular weight is 137 g/mol. The summed E-state index contributed by atoms with van der Waals surface area (Å²) in [4.78, 5) is 0. The van der Waals surface area contributed by atoms with Gasteiger partial charge in [0.2, 0.25) is 0 Å². The van der Waals surface area contributed by atoms with Crippen LogP contribution in [0.5, 0.6) is 0 Å². The van der Waals surface area contributed by atoms with Crippen molar-refractivity contribution in [1.29, 1.82) is 5.26 Å². The van der Waals surface area contributed by atoms with Crippen molar-refractivity contribution in [2.45, 2.75) is 19.8 Å². The molecule has 1 aromatic heterocycles. The summed E-state index contributed by atoms with van der Waals surface area (Å²) in [6, 6.07) is 5.68. The highest BCUT2D eigenvalue weighted by Gasteiger charge is 1.65. The van der Waals surface area contributed by atoms with E-state index in [1.807, 2.05) is 25.1 Å². The molecule has 0 bridgehead atoms. The predicted molar refractivity (Wildman–Crippen MR) is 39.2 cm³/mol. The highest BCUT2D eigenvalue weighted by atomic mass is 16.3. The first-order valence-corrected chi connectivity index (χ1v) is 3.26. The molecule has 0 radical (unpaired) electrons. The van der Waals surface area contributed by atoms with Crippen LogP contribution in [0.4, 0.5) is 0 Å². The number of nitrogens with zero attached hydrogens (tertiary/aromatic N) is 1. The Morgan fingerprint density at radius 3 is 2.10 bits per heavy atom. The molecule has 0 saturated carbocycles. The molecule has 0 N–H and O–H groups in total. The minimum Gasteiger partial charge on any atom is -0.473 e. The van der Waals surface area contributed by atoms with Crippen molar-refractivity contribution < 1.29 is 4.42 Å². The molecule has 2 heteroatoms. The highest BCUT2D eigenvalue weighted by molar-refractivity contribution is 4.79. The van der Waals surface area contributed by atoms with Gasteiger partial charge in [0.05, 0.1) is 18.6 Å². The Kier molecular flexibility index (Phi) is 6.81. The Morgan fingerprint density at radius 1 is 1.40 bits per heavy atom. The van der Waals surface area contributed by atoms with E-state index in [2.05, 4.69) is 4.42 Å². The molecule has 1 aromatic rings. The minimum atomic E-state index is 0.694. The van der Waals surface area contributed by atoms with Crippen LogP contribution in [0.3, 0.4) is 0 Å². The lowest BCUT2D eigenvalue weighted by Gasteiger charge is -1.65. The third-order valence-electron chi connectivity index (χ3n) is 0.787. The van der Waals surface area contributed by atoms with E-state index in [0.717, 1.165) is 6.42 Å². The van der Waals surface area contributed by atoms with Gasteiger partial charge in [-0.3, -0.25) is 0 Å². The fraction of sp³-hybridized carbons (Fsp3) is 0.375. The summed E-state index contributed by atoms with van der Waals surface area (Å²) in [6.45, 7) is 1.99. The van der Waals surface area contributed by atoms with Gasteiger partial charge in [0.15, 0.2) is 0 Å². The molecule has 1 heterocycles. The molecule has 0 aromatic carbocycles. The lowest BCUT2D eigenvalue weighted by molar-refractivity contribution is 0.567. The topological polar surface area (TPSA) is 36.9 Å². The van der Waals surface area contributed by atoms with Gasteiger partial charge in [-0.25, -0.2) is 0 Å². The average Bonchev–Trinajstić information content (AvgIpc) is 2.44. The normalized spacial score (nSPS) is 7.20. The van der Waals surface area contributed by atoms with Crippen LogP contribution in [0.15, 0.2) is 29.1 Å². The Morgan fingerprint density at radius 2 is 2.00 bits per heavy atom. The molecule has 0 spiro atoms. The number of hydrogen-bond donors (Lipinski definition) is 0. The van der Waals surface area contributed by atoms with E-state index >= 15 is 0 Å². The van der Waals surface area contributed by atoms with Crippen LogP contribution in [-0.2, 0) is 0 Å². The number of hydrogen-bond acceptors (Lipinski definition) is 2. The summed E-state index contributed by atoms with van der Waals surface area (Å²) in [7, 11) is 0. The molecule has 0 saturated heterocycles. The summed E-state index contributed by atoms with van der Waals surface area (Å²) in [5.41, 5.74) is 0. The van der Waals surface area contributed by atoms with Crippen molar-refractivity contribution >= 4 is 0 Å². The number of unbranched alkanes of at least 4 members (excludes halogenated alkanes) is 1. The number of nitriles is 1. The third-order valence-corrected chi connectivity index (χ3v) is 0.787. The Labute approximate surface area is 61.1 Å². The van der Waals surface area contributed by atoms with Gasteiger partial charge in [0.1, 0.15) is 0 Å². The summed E-state index contributed by atoms with van der Waals surface area (Å²) < 4.78 is 4.58. The first-order chi connectivity index (χ1) is 4.91. The van der Waals surface area contributed by atoms with E-state index in [4.69, 9.17) is 5.26 Å². The molecular formula is C8H11NO. The lowest BCUT2D eigenvalue weighted by Crippen LogP contribution is -1.53. The highest BCUT2D eigenvalue weighted by Crippen LogP contribution is 1.79. The van der Waals surface area contributed by atoms with Gasteiger partial charge in [0, 0.05) is 6.42 Å². The molecule has 0 fully saturated rings. The molecule has 54 valence electrons. The van der Waals surface area contributed by atoms with E-state index in [1.54, 1.807) is 12.5 Å². The van der Waals surface area contributed by atoms with Crippen LogP contribution in [0.1, 0.15) is 19.8 Å². The van der Waals surface area contributed by atoms with Gasteiger partial charge in [-0.05, 0) is 18.6 Å². The predicted octanol–water partition coefficient (Wildman–Crippen LogP) is 2.59. The van der Waals surface area contributed by atoms with Crippen molar-refractivity contribution in [3.05, 3.63) is 24.7 Å². The van der Waals surface area contributed by atoms with Crippen LogP contribution in [0, 0.1) is 11.3 Å². The van der Waals surface area contributed by atoms with Gasteiger partial charge >= 0.3 is 0 Å². The second kappa shape index (κ2) is 7.77. The van der Waals surface area contributed by atoms with E-state index < -0.39 is 0 Å². The standard InChI is InChI=1S/C4H7N.C4H4O/c1-2-3-4-5;1-2-4-5-3-1/h2-3H2,1H3;1-4H. The van der Waals surface area contributed by atoms with Crippen molar-refractivity contribution in [1.82, 2.24) is 0 Å². The van der Waals surface area contributed by atoms with Crippen molar-refractivity contribution in [2.24, 2.45) is 0 Å². The SMILES string of the molecule is CCCC#N.c1ccoc1. The first-order valence-electron chi connectivity index (χ1n) is 3.26. The van der Waals surface area contributed by atoms with Crippen molar-refractivity contribution in [3.63, 3.8) is 0 Å². The van der Waals surface area contributed by atoms with Gasteiger partial charge in [-0.1, -0.05) is 6.92 Å². The molecule has 2 nitrogen and oxygen atoms in total. The molecule has 0 atom stereocenters. The monoisotopic (exact) mass is 137 g/mol. The summed E-state index contributed by atoms with van der Waals surface area (Å²) in [5.74, 6) is 0. The Hall–Kier alpha value is -1.23. The molecule has 0 aliphatic heterocycles. The summed E-state index contributed by atoms with van der Waals surface area (Å²) in [5, 5.41) is 7.82. The Balaban J connectivity index is 0.000000162. The second-order valence-electron chi connectivity index (χ2n) is 1.70. The van der Waals surface area contributed by atoms with Crippen LogP contribution in [0.2, 0.25) is 0 Å². The van der Waals surface area contributed by atoms with Crippen LogP contribution in [0.25, 0.3) is 0 Å². The largest absolute Gasteiger partial charge is 0.473 e. The van der Waals surface area contributed by atoms with E-state index in [-0.39, 0.29) is 0 Å². The maximum Gasteiger partial charge on any atom is 0.0902 e. The summed E-state index contributed by atoms with van der Waals surface area (Å²) >= 11 is 0. The Bertz CT molecular complexity index is 145. The van der Waals surface area contributed by atoms with Gasteiger partial charge in [-0.15, -0.1) is 0 Å². The minimum absolute atomic E-state index is 0.694. The molecular weight excluding hydrogens is 126 g/mol. The zero-order chi connectivity index (χ0) is 7.66. The first kappa shape index (κ1) is 8.77. The van der Waals surface area contributed by atoms with Crippen molar-refractivity contribution in [3.8, 4) is 6.07 Å². The third kappa shape index (κ3) is 6.77.